The van der Waals surface area contributed by atoms with Crippen LogP contribution in [-0.2, 0) is 68.7 Å². The van der Waals surface area contributed by atoms with Crippen LogP contribution in [-0.4, -0.2) is 284 Å². The van der Waals surface area contributed by atoms with Crippen molar-refractivity contribution in [2.45, 2.75) is 70.9 Å². The first kappa shape index (κ1) is 84.1. The van der Waals surface area contributed by atoms with Gasteiger partial charge in [-0.3, -0.25) is 28.0 Å². The van der Waals surface area contributed by atoms with Crippen molar-refractivity contribution < 1.29 is 58.9 Å². The number of sulfonamides is 4. The topological polar surface area (TPSA) is 297 Å². The molecular weight excluding hydrogens is 1450 g/mol. The van der Waals surface area contributed by atoms with Gasteiger partial charge in [-0.1, -0.05) is 106 Å². The van der Waals surface area contributed by atoms with Crippen molar-refractivity contribution in [1.29, 1.82) is 0 Å². The highest BCUT2D eigenvalue weighted by Gasteiger charge is 2.33. The number of fused-ring (bicyclic) bond motifs is 6. The van der Waals surface area contributed by atoms with Crippen LogP contribution in [0.3, 0.4) is 0 Å². The van der Waals surface area contributed by atoms with E-state index in [-0.39, 0.29) is 42.5 Å². The monoisotopic (exact) mass is 1550 g/mol. The highest BCUT2D eigenvalue weighted by atomic mass is 32.2. The van der Waals surface area contributed by atoms with Crippen LogP contribution in [0.5, 0.6) is 0 Å². The van der Waals surface area contributed by atoms with E-state index in [0.29, 0.717) is 26.2 Å². The van der Waals surface area contributed by atoms with Crippen molar-refractivity contribution in [3.63, 3.8) is 0 Å². The molecule has 0 aliphatic carbocycles. The number of hydrogen-bond donors (Lipinski definition) is 4. The standard InChI is InChI=1S/C34H40N2O10S4.C26H39N5O4S2.C12H27N5/c1-27-5-13-31(14-6-27)47(37,38)35(23-25-45-49(41,42)33-17-9-29(3)10-18-33)21-22-36(48(39,40)32-15-7-28(2)8-16-32)24-26-46-50(43,44)34-19-11-30(4)12-20-34;1-23-3-7-25(8-4-23)36(32,33)30-19-17-28-13-11-27-12-14-29(16-15-28)18-20-31(22-21-30)37(34,35)26-9-5-24(2)6-10-26;1-2-14-4-8-17-10-6-15-5-9-16(11-12-17)7-3-13-1/h5-20H,21-26H2,1-4H3;3-10,27H,11-22H2,1-2H3;13-15H,1-12H2. The van der Waals surface area contributed by atoms with Crippen molar-refractivity contribution in [2.75, 3.05) is 196 Å². The molecule has 4 N–H and O–H groups in total. The van der Waals surface area contributed by atoms with E-state index in [1.165, 1.54) is 96.4 Å². The molecule has 6 aromatic rings. The number of benzene rings is 6. The van der Waals surface area contributed by atoms with E-state index >= 15 is 0 Å². The van der Waals surface area contributed by atoms with Gasteiger partial charge in [0.1, 0.15) is 0 Å². The summed E-state index contributed by atoms with van der Waals surface area (Å²) >= 11 is 0. The van der Waals surface area contributed by atoms with Gasteiger partial charge in [0.05, 0.1) is 42.6 Å². The third-order valence-electron chi connectivity index (χ3n) is 18.5. The molecule has 4 heterocycles. The number of hydrogen-bond acceptors (Lipinski definition) is 22. The van der Waals surface area contributed by atoms with Crippen LogP contribution in [0.15, 0.2) is 175 Å². The molecule has 0 aromatic heterocycles. The summed E-state index contributed by atoms with van der Waals surface area (Å²) in [5.41, 5.74) is 5.25. The van der Waals surface area contributed by atoms with Gasteiger partial charge in [0, 0.05) is 183 Å². The van der Waals surface area contributed by atoms with E-state index in [1.807, 2.05) is 13.8 Å². The molecule has 10 rings (SSSR count). The molecule has 6 aromatic carbocycles. The Bertz CT molecular complexity index is 4070. The predicted octanol–water partition coefficient (Wildman–Crippen LogP) is 4.01. The van der Waals surface area contributed by atoms with Gasteiger partial charge >= 0.3 is 0 Å². The molecule has 4 fully saturated rings. The second-order valence-corrected chi connectivity index (χ2v) is 37.4. The van der Waals surface area contributed by atoms with Crippen molar-refractivity contribution >= 4 is 60.3 Å². The van der Waals surface area contributed by atoms with Crippen molar-refractivity contribution in [3.8, 4) is 0 Å². The van der Waals surface area contributed by atoms with Crippen LogP contribution in [0.25, 0.3) is 0 Å². The predicted molar refractivity (Wildman–Crippen MR) is 406 cm³/mol. The third kappa shape index (κ3) is 25.6. The van der Waals surface area contributed by atoms with Crippen LogP contribution >= 0.6 is 0 Å². The lowest BCUT2D eigenvalue weighted by Crippen LogP contribution is -2.48. The fourth-order valence-corrected chi connectivity index (χ4v) is 19.3. The van der Waals surface area contributed by atoms with E-state index in [2.05, 4.69) is 40.9 Å². The highest BCUT2D eigenvalue weighted by Crippen LogP contribution is 2.24. The Kier molecular flexibility index (Phi) is 32.4. The van der Waals surface area contributed by atoms with Gasteiger partial charge in [-0.15, -0.1) is 0 Å². The van der Waals surface area contributed by atoms with Crippen LogP contribution in [0.2, 0.25) is 0 Å². The molecule has 0 amide bonds. The van der Waals surface area contributed by atoms with E-state index in [9.17, 15) is 50.5 Å². The first-order valence-electron chi connectivity index (χ1n) is 35.4. The second kappa shape index (κ2) is 40.1. The molecule has 4 aliphatic heterocycles. The summed E-state index contributed by atoms with van der Waals surface area (Å²) in [7, 11) is -24.6. The lowest BCUT2D eigenvalue weighted by molar-refractivity contribution is 0.190. The fourth-order valence-electron chi connectivity index (χ4n) is 11.8. The maximum Gasteiger partial charge on any atom is 0.297 e. The number of nitrogens with one attached hydrogen (secondary N) is 4. The molecule has 104 heavy (non-hydrogen) atoms. The van der Waals surface area contributed by atoms with Crippen LogP contribution in [0.4, 0.5) is 0 Å². The summed E-state index contributed by atoms with van der Waals surface area (Å²) in [5.74, 6) is 0. The Morgan fingerprint density at radius 1 is 0.269 bits per heavy atom. The molecule has 0 saturated carbocycles. The summed E-state index contributed by atoms with van der Waals surface area (Å²) in [6.45, 7) is 28.9. The minimum absolute atomic E-state index is 0.0907. The Morgan fingerprint density at radius 3 is 0.750 bits per heavy atom. The van der Waals surface area contributed by atoms with Crippen molar-refractivity contribution in [2.24, 2.45) is 0 Å². The molecule has 26 nitrogen and oxygen atoms in total. The summed E-state index contributed by atoms with van der Waals surface area (Å²) in [5, 5.41) is 14.0. The fraction of sp³-hybridized carbons (Fsp3) is 0.500. The lowest BCUT2D eigenvalue weighted by atomic mass is 10.2. The number of nitrogens with zero attached hydrogens (tertiary/aromatic N) is 8. The maximum absolute atomic E-state index is 13.9. The van der Waals surface area contributed by atoms with Crippen LogP contribution in [0.1, 0.15) is 33.4 Å². The summed E-state index contributed by atoms with van der Waals surface area (Å²) in [6.07, 6.45) is 0. The molecule has 0 spiro atoms. The van der Waals surface area contributed by atoms with Crippen LogP contribution < -0.4 is 21.3 Å². The van der Waals surface area contributed by atoms with Gasteiger partial charge in [0.2, 0.25) is 40.1 Å². The number of rotatable bonds is 21. The largest absolute Gasteiger partial charge is 0.314 e. The maximum atomic E-state index is 13.9. The quantitative estimate of drug-likeness (QED) is 0.0740. The van der Waals surface area contributed by atoms with E-state index in [1.54, 1.807) is 125 Å². The van der Waals surface area contributed by atoms with Crippen LogP contribution in [0, 0.1) is 41.5 Å². The average Bonchev–Trinajstić information content (AvgIpc) is 0.811. The van der Waals surface area contributed by atoms with Gasteiger partial charge in [-0.25, -0.2) is 33.7 Å². The van der Waals surface area contributed by atoms with Gasteiger partial charge in [0.15, 0.2) is 0 Å². The smallest absolute Gasteiger partial charge is 0.297 e. The summed E-state index contributed by atoms with van der Waals surface area (Å²) in [4.78, 5) is 9.82. The summed E-state index contributed by atoms with van der Waals surface area (Å²) < 4.78 is 177. The van der Waals surface area contributed by atoms with Gasteiger partial charge in [0.25, 0.3) is 20.2 Å². The normalized spacial score (nSPS) is 20.2. The van der Waals surface area contributed by atoms with Crippen molar-refractivity contribution in [1.82, 2.24) is 58.1 Å². The minimum Gasteiger partial charge on any atom is -0.314 e. The molecule has 4 unspecified atom stereocenters. The van der Waals surface area contributed by atoms with Crippen molar-refractivity contribution in [3.05, 3.63) is 179 Å². The molecule has 4 atom stereocenters. The van der Waals surface area contributed by atoms with Gasteiger partial charge < -0.3 is 21.3 Å². The molecular formula is C72H106N12O14S6. The molecule has 32 heteroatoms. The number of aryl methyl sites for hydroxylation is 6. The Labute approximate surface area is 619 Å². The zero-order valence-electron chi connectivity index (χ0n) is 60.8. The van der Waals surface area contributed by atoms with E-state index < -0.39 is 99.7 Å². The Balaban J connectivity index is 0.000000220. The molecule has 574 valence electrons. The minimum atomic E-state index is -4.29. The molecule has 4 bridgehead atoms. The first-order chi connectivity index (χ1) is 49.5. The van der Waals surface area contributed by atoms with E-state index in [0.717, 1.165) is 121 Å². The SMILES string of the molecule is C1CNCCN2CCNCCN(CCN1)CC2.Cc1ccc(S(=O)(=O)N2CCN3CCNCCN(CC3)CCN(S(=O)(=O)c3ccc(C)cc3)CC2)cc1.Cc1ccc(S(=O)(=O)OCCN(CCN(CCOS(=O)(=O)c2ccc(C)cc2)S(=O)(=O)c2ccc(C)cc2)S(=O)(=O)c2ccc(C)cc2)cc1. The van der Waals surface area contributed by atoms with E-state index in [4.69, 9.17) is 8.37 Å². The highest BCUT2D eigenvalue weighted by molar-refractivity contribution is 7.90. The lowest BCUT2D eigenvalue weighted by Gasteiger charge is -2.33. The van der Waals surface area contributed by atoms with Gasteiger partial charge in [-0.2, -0.15) is 34.1 Å². The average molecular weight is 1560 g/mol. The molecule has 4 aliphatic rings. The third-order valence-corrected chi connectivity index (χ3v) is 28.8. The Hall–Kier alpha value is -5.54. The van der Waals surface area contributed by atoms with Gasteiger partial charge in [-0.05, 0) is 114 Å². The Morgan fingerprint density at radius 2 is 0.481 bits per heavy atom. The molecule has 0 radical (unpaired) electrons. The zero-order valence-corrected chi connectivity index (χ0v) is 65.7. The molecule has 4 saturated heterocycles. The second-order valence-electron chi connectivity index (χ2n) is 26.4. The zero-order chi connectivity index (χ0) is 75.0. The summed E-state index contributed by atoms with van der Waals surface area (Å²) in [6, 6.07) is 37.6. The first-order valence-corrected chi connectivity index (χ1v) is 44.0.